The molecule has 2 N–H and O–H groups in total. The Morgan fingerprint density at radius 3 is 2.37 bits per heavy atom. The molecule has 0 spiro atoms. The van der Waals surface area contributed by atoms with Crippen LogP contribution in [0.3, 0.4) is 0 Å². The number of anilines is 1. The van der Waals surface area contributed by atoms with Gasteiger partial charge in [-0.15, -0.1) is 0 Å². The van der Waals surface area contributed by atoms with Crippen molar-refractivity contribution in [2.75, 3.05) is 46.2 Å². The van der Waals surface area contributed by atoms with Crippen LogP contribution in [0.25, 0.3) is 0 Å². The van der Waals surface area contributed by atoms with Gasteiger partial charge in [0.15, 0.2) is 11.5 Å². The molecule has 0 aliphatic rings. The van der Waals surface area contributed by atoms with E-state index in [2.05, 4.69) is 10.6 Å². The Labute approximate surface area is 178 Å². The van der Waals surface area contributed by atoms with Crippen LogP contribution < -0.4 is 20.1 Å². The topological polar surface area (TPSA) is 79.9 Å². The van der Waals surface area contributed by atoms with Crippen LogP contribution in [0.15, 0.2) is 36.4 Å². The van der Waals surface area contributed by atoms with Gasteiger partial charge in [0.1, 0.15) is 0 Å². The van der Waals surface area contributed by atoms with Gasteiger partial charge in [-0.3, -0.25) is 14.5 Å². The number of likely N-dealkylation sites (N-methyl/N-ethyl adjacent to an activating group) is 1. The van der Waals surface area contributed by atoms with E-state index in [1.807, 2.05) is 50.2 Å². The quantitative estimate of drug-likeness (QED) is 0.626. The summed E-state index contributed by atoms with van der Waals surface area (Å²) in [5.41, 5.74) is 4.00. The second-order valence-electron chi connectivity index (χ2n) is 7.26. The highest BCUT2D eigenvalue weighted by atomic mass is 16.5. The highest BCUT2D eigenvalue weighted by Crippen LogP contribution is 2.27. The lowest BCUT2D eigenvalue weighted by molar-refractivity contribution is -0.122. The highest BCUT2D eigenvalue weighted by Gasteiger charge is 2.12. The molecule has 0 saturated carbocycles. The number of aryl methyl sites for hydroxylation is 1. The van der Waals surface area contributed by atoms with Gasteiger partial charge in [0.2, 0.25) is 11.8 Å². The molecule has 2 aromatic rings. The molecule has 0 bridgehead atoms. The predicted molar refractivity (Wildman–Crippen MR) is 118 cm³/mol. The molecule has 162 valence electrons. The third-order valence-electron chi connectivity index (χ3n) is 4.89. The molecule has 0 aliphatic carbocycles. The zero-order valence-corrected chi connectivity index (χ0v) is 18.4. The van der Waals surface area contributed by atoms with E-state index in [1.54, 1.807) is 26.2 Å². The fourth-order valence-corrected chi connectivity index (χ4v) is 3.06. The number of nitrogens with zero attached hydrogens (tertiary/aromatic N) is 1. The highest BCUT2D eigenvalue weighted by molar-refractivity contribution is 5.93. The van der Waals surface area contributed by atoms with Crippen molar-refractivity contribution in [1.29, 1.82) is 0 Å². The molecule has 2 amide bonds. The first-order valence-electron chi connectivity index (χ1n) is 9.86. The zero-order chi connectivity index (χ0) is 22.1. The van der Waals surface area contributed by atoms with Crippen molar-refractivity contribution in [3.05, 3.63) is 53.1 Å². The Morgan fingerprint density at radius 2 is 1.67 bits per heavy atom. The molecule has 0 fully saturated rings. The van der Waals surface area contributed by atoms with E-state index in [4.69, 9.17) is 9.47 Å². The monoisotopic (exact) mass is 413 g/mol. The average Bonchev–Trinajstić information content (AvgIpc) is 2.71. The van der Waals surface area contributed by atoms with E-state index in [0.29, 0.717) is 24.5 Å². The minimum atomic E-state index is -0.149. The third-order valence-corrected chi connectivity index (χ3v) is 4.89. The molecule has 0 heterocycles. The molecule has 0 aromatic heterocycles. The Balaban J connectivity index is 1.75. The number of ether oxygens (including phenoxy) is 2. The number of amides is 2. The maximum absolute atomic E-state index is 12.3. The summed E-state index contributed by atoms with van der Waals surface area (Å²) in [4.78, 5) is 26.1. The Hall–Kier alpha value is -3.06. The largest absolute Gasteiger partial charge is 0.493 e. The summed E-state index contributed by atoms with van der Waals surface area (Å²) in [5, 5.41) is 5.79. The summed E-state index contributed by atoms with van der Waals surface area (Å²) >= 11 is 0. The molecule has 7 nitrogen and oxygen atoms in total. The Kier molecular flexibility index (Phi) is 8.68. The van der Waals surface area contributed by atoms with Gasteiger partial charge >= 0.3 is 0 Å². The van der Waals surface area contributed by atoms with Gasteiger partial charge in [0.25, 0.3) is 0 Å². The van der Waals surface area contributed by atoms with E-state index in [0.717, 1.165) is 22.4 Å². The van der Waals surface area contributed by atoms with Gasteiger partial charge in [0.05, 0.1) is 27.3 Å². The molecule has 7 heteroatoms. The summed E-state index contributed by atoms with van der Waals surface area (Å²) in [7, 11) is 4.93. The lowest BCUT2D eigenvalue weighted by Crippen LogP contribution is -2.39. The Morgan fingerprint density at radius 1 is 0.967 bits per heavy atom. The lowest BCUT2D eigenvalue weighted by Gasteiger charge is -2.17. The van der Waals surface area contributed by atoms with Crippen molar-refractivity contribution in [1.82, 2.24) is 10.2 Å². The van der Waals surface area contributed by atoms with Crippen molar-refractivity contribution < 1.29 is 19.1 Å². The normalized spacial score (nSPS) is 10.6. The first-order chi connectivity index (χ1) is 14.3. The number of benzene rings is 2. The number of rotatable bonds is 10. The second-order valence-corrected chi connectivity index (χ2v) is 7.26. The minimum absolute atomic E-state index is 0.127. The van der Waals surface area contributed by atoms with Gasteiger partial charge in [-0.2, -0.15) is 0 Å². The lowest BCUT2D eigenvalue weighted by atomic mass is 10.1. The van der Waals surface area contributed by atoms with Crippen LogP contribution in [0.5, 0.6) is 11.5 Å². The third kappa shape index (κ3) is 6.77. The smallest absolute Gasteiger partial charge is 0.238 e. The SMILES string of the molecule is COc1ccc(CCNC(=O)CN(C)CC(=O)Nc2cccc(C)c2C)cc1OC. The molecule has 30 heavy (non-hydrogen) atoms. The first-order valence-corrected chi connectivity index (χ1v) is 9.86. The van der Waals surface area contributed by atoms with Gasteiger partial charge in [-0.05, 0) is 62.2 Å². The summed E-state index contributed by atoms with van der Waals surface area (Å²) in [6, 6.07) is 11.5. The first kappa shape index (κ1) is 23.2. The van der Waals surface area contributed by atoms with E-state index < -0.39 is 0 Å². The number of methoxy groups -OCH3 is 2. The van der Waals surface area contributed by atoms with Gasteiger partial charge < -0.3 is 20.1 Å². The van der Waals surface area contributed by atoms with Crippen LogP contribution in [0.2, 0.25) is 0 Å². The molecule has 2 rings (SSSR count). The number of carbonyl (C=O) groups is 2. The zero-order valence-electron chi connectivity index (χ0n) is 18.4. The van der Waals surface area contributed by atoms with Crippen molar-refractivity contribution in [2.45, 2.75) is 20.3 Å². The summed E-state index contributed by atoms with van der Waals surface area (Å²) in [6.45, 7) is 4.75. The van der Waals surface area contributed by atoms with Crippen LogP contribution in [0.4, 0.5) is 5.69 Å². The van der Waals surface area contributed by atoms with E-state index in [9.17, 15) is 9.59 Å². The summed E-state index contributed by atoms with van der Waals surface area (Å²) in [6.07, 6.45) is 0.670. The molecule has 0 unspecified atom stereocenters. The fourth-order valence-electron chi connectivity index (χ4n) is 3.06. The molecule has 2 aromatic carbocycles. The average molecular weight is 414 g/mol. The standard InChI is InChI=1S/C23H31N3O4/c1-16-7-6-8-19(17(16)2)25-23(28)15-26(3)14-22(27)24-12-11-18-9-10-20(29-4)21(13-18)30-5/h6-10,13H,11-12,14-15H2,1-5H3,(H,24,27)(H,25,28). The van der Waals surface area contributed by atoms with Gasteiger partial charge in [-0.1, -0.05) is 18.2 Å². The van der Waals surface area contributed by atoms with E-state index in [1.165, 1.54) is 0 Å². The van der Waals surface area contributed by atoms with Crippen molar-refractivity contribution in [2.24, 2.45) is 0 Å². The van der Waals surface area contributed by atoms with Crippen LogP contribution >= 0.6 is 0 Å². The summed E-state index contributed by atoms with van der Waals surface area (Å²) in [5.74, 6) is 1.06. The number of hydrogen-bond acceptors (Lipinski definition) is 5. The number of hydrogen-bond donors (Lipinski definition) is 2. The maximum atomic E-state index is 12.3. The molecular formula is C23H31N3O4. The maximum Gasteiger partial charge on any atom is 0.238 e. The van der Waals surface area contributed by atoms with Gasteiger partial charge in [-0.25, -0.2) is 0 Å². The van der Waals surface area contributed by atoms with Crippen molar-refractivity contribution >= 4 is 17.5 Å². The molecule has 0 atom stereocenters. The van der Waals surface area contributed by atoms with Crippen LogP contribution in [0, 0.1) is 13.8 Å². The fraction of sp³-hybridized carbons (Fsp3) is 0.391. The molecule has 0 aliphatic heterocycles. The van der Waals surface area contributed by atoms with E-state index in [-0.39, 0.29) is 24.9 Å². The molecule has 0 radical (unpaired) electrons. The van der Waals surface area contributed by atoms with E-state index >= 15 is 0 Å². The van der Waals surface area contributed by atoms with Crippen LogP contribution in [-0.2, 0) is 16.0 Å². The number of carbonyl (C=O) groups excluding carboxylic acids is 2. The molecule has 0 saturated heterocycles. The van der Waals surface area contributed by atoms with Crippen LogP contribution in [0.1, 0.15) is 16.7 Å². The van der Waals surface area contributed by atoms with Crippen LogP contribution in [-0.4, -0.2) is 57.6 Å². The van der Waals surface area contributed by atoms with Crippen molar-refractivity contribution in [3.8, 4) is 11.5 Å². The van der Waals surface area contributed by atoms with Gasteiger partial charge in [0, 0.05) is 12.2 Å². The molecular weight excluding hydrogens is 382 g/mol. The predicted octanol–water partition coefficient (Wildman–Crippen LogP) is 2.55. The van der Waals surface area contributed by atoms with Crippen molar-refractivity contribution in [3.63, 3.8) is 0 Å². The second kappa shape index (κ2) is 11.2. The Bertz CT molecular complexity index is 883. The summed E-state index contributed by atoms with van der Waals surface area (Å²) < 4.78 is 10.5. The minimum Gasteiger partial charge on any atom is -0.493 e. The number of nitrogens with one attached hydrogen (secondary N) is 2.